The molecule has 92 valence electrons. The Morgan fingerprint density at radius 2 is 1.76 bits per heavy atom. The Hall–Kier alpha value is -1.36. The van der Waals surface area contributed by atoms with Crippen LogP contribution in [-0.4, -0.2) is 18.4 Å². The van der Waals surface area contributed by atoms with Gasteiger partial charge in [-0.15, -0.1) is 0 Å². The molecular formula is C12H15BrN2O2. The van der Waals surface area contributed by atoms with E-state index in [4.69, 9.17) is 0 Å². The van der Waals surface area contributed by atoms with Crippen molar-refractivity contribution in [3.8, 4) is 0 Å². The quantitative estimate of drug-likeness (QED) is 0.840. The van der Waals surface area contributed by atoms with Gasteiger partial charge in [0.15, 0.2) is 0 Å². The van der Waals surface area contributed by atoms with Crippen LogP contribution in [0.15, 0.2) is 28.7 Å². The minimum absolute atomic E-state index is 0.319. The number of hydrogen-bond acceptors (Lipinski definition) is 2. The molecule has 4 nitrogen and oxygen atoms in total. The maximum atomic E-state index is 11.5. The molecule has 2 N–H and O–H groups in total. The fourth-order valence-corrected chi connectivity index (χ4v) is 1.36. The average molecular weight is 299 g/mol. The second-order valence-corrected chi connectivity index (χ2v) is 4.98. The lowest BCUT2D eigenvalue weighted by atomic mass is 10.2. The van der Waals surface area contributed by atoms with Crippen molar-refractivity contribution in [3.63, 3.8) is 0 Å². The van der Waals surface area contributed by atoms with Crippen LogP contribution >= 0.6 is 15.9 Å². The van der Waals surface area contributed by atoms with E-state index in [9.17, 15) is 9.59 Å². The standard InChI is InChI=1S/C12H15BrN2O2/c1-8(2)7-14-11(16)12(17)15-10-5-3-9(13)4-6-10/h3-6,8H,7H2,1-2H3,(H,14,16)(H,15,17). The Balaban J connectivity index is 2.48. The molecule has 0 heterocycles. The fourth-order valence-electron chi connectivity index (χ4n) is 1.10. The van der Waals surface area contributed by atoms with Gasteiger partial charge < -0.3 is 10.6 Å². The number of carbonyl (C=O) groups excluding carboxylic acids is 2. The number of carbonyl (C=O) groups is 2. The Morgan fingerprint density at radius 1 is 1.18 bits per heavy atom. The predicted molar refractivity (Wildman–Crippen MR) is 70.6 cm³/mol. The van der Waals surface area contributed by atoms with Crippen LogP contribution in [0.25, 0.3) is 0 Å². The van der Waals surface area contributed by atoms with E-state index in [-0.39, 0.29) is 0 Å². The topological polar surface area (TPSA) is 58.2 Å². The first-order chi connectivity index (χ1) is 7.99. The van der Waals surface area contributed by atoms with Gasteiger partial charge in [-0.05, 0) is 30.2 Å². The summed E-state index contributed by atoms with van der Waals surface area (Å²) in [5.74, 6) is -0.936. The summed E-state index contributed by atoms with van der Waals surface area (Å²) in [5.41, 5.74) is 0.595. The van der Waals surface area contributed by atoms with Crippen molar-refractivity contribution in [2.24, 2.45) is 5.92 Å². The second-order valence-electron chi connectivity index (χ2n) is 4.06. The molecule has 0 radical (unpaired) electrons. The van der Waals surface area contributed by atoms with Gasteiger partial charge in [0.05, 0.1) is 0 Å². The molecule has 0 saturated heterocycles. The lowest BCUT2D eigenvalue weighted by Crippen LogP contribution is -2.37. The lowest BCUT2D eigenvalue weighted by molar-refractivity contribution is -0.136. The summed E-state index contributed by atoms with van der Waals surface area (Å²) < 4.78 is 0.916. The van der Waals surface area contributed by atoms with Gasteiger partial charge in [-0.25, -0.2) is 0 Å². The first-order valence-corrected chi connectivity index (χ1v) is 6.13. The highest BCUT2D eigenvalue weighted by atomic mass is 79.9. The van der Waals surface area contributed by atoms with Crippen LogP contribution in [0.4, 0.5) is 5.69 Å². The van der Waals surface area contributed by atoms with E-state index in [0.717, 1.165) is 4.47 Å². The van der Waals surface area contributed by atoms with Crippen molar-refractivity contribution in [2.45, 2.75) is 13.8 Å². The van der Waals surface area contributed by atoms with Crippen molar-refractivity contribution in [1.82, 2.24) is 5.32 Å². The van der Waals surface area contributed by atoms with Gasteiger partial charge in [0, 0.05) is 16.7 Å². The molecule has 17 heavy (non-hydrogen) atoms. The summed E-state index contributed by atoms with van der Waals surface area (Å²) in [7, 11) is 0. The number of amides is 2. The molecule has 0 aliphatic rings. The molecular weight excluding hydrogens is 284 g/mol. The highest BCUT2D eigenvalue weighted by molar-refractivity contribution is 9.10. The van der Waals surface area contributed by atoms with E-state index in [0.29, 0.717) is 18.2 Å². The first kappa shape index (κ1) is 13.7. The van der Waals surface area contributed by atoms with Crippen molar-refractivity contribution >= 4 is 33.4 Å². The second kappa shape index (κ2) is 6.39. The SMILES string of the molecule is CC(C)CNC(=O)C(=O)Nc1ccc(Br)cc1. The zero-order chi connectivity index (χ0) is 12.8. The summed E-state index contributed by atoms with van der Waals surface area (Å²) in [6.45, 7) is 4.42. The van der Waals surface area contributed by atoms with E-state index < -0.39 is 11.8 Å². The van der Waals surface area contributed by atoms with Crippen LogP contribution in [0.2, 0.25) is 0 Å². The van der Waals surface area contributed by atoms with Crippen molar-refractivity contribution < 1.29 is 9.59 Å². The molecule has 0 spiro atoms. The summed E-state index contributed by atoms with van der Waals surface area (Å²) in [6, 6.07) is 7.03. The zero-order valence-corrected chi connectivity index (χ0v) is 11.4. The number of halogens is 1. The minimum Gasteiger partial charge on any atom is -0.348 e. The summed E-state index contributed by atoms with van der Waals surface area (Å²) in [5, 5.41) is 5.07. The molecule has 0 aromatic heterocycles. The molecule has 0 aliphatic carbocycles. The highest BCUT2D eigenvalue weighted by Crippen LogP contribution is 2.13. The Labute approximate surface area is 109 Å². The Kier molecular flexibility index (Phi) is 5.15. The Bertz CT molecular complexity index is 401. The lowest BCUT2D eigenvalue weighted by Gasteiger charge is -2.08. The summed E-state index contributed by atoms with van der Waals surface area (Å²) in [6.07, 6.45) is 0. The molecule has 1 aromatic carbocycles. The molecule has 0 unspecified atom stereocenters. The molecule has 1 rings (SSSR count). The third-order valence-electron chi connectivity index (χ3n) is 1.98. The van der Waals surface area contributed by atoms with Crippen LogP contribution in [0.1, 0.15) is 13.8 Å². The number of anilines is 1. The third-order valence-corrected chi connectivity index (χ3v) is 2.51. The summed E-state index contributed by atoms with van der Waals surface area (Å²) >= 11 is 3.29. The largest absolute Gasteiger partial charge is 0.348 e. The maximum absolute atomic E-state index is 11.5. The third kappa shape index (κ3) is 4.99. The molecule has 0 atom stereocenters. The molecule has 1 aromatic rings. The van der Waals surface area contributed by atoms with Crippen molar-refractivity contribution in [1.29, 1.82) is 0 Å². The van der Waals surface area contributed by atoms with E-state index in [1.807, 2.05) is 13.8 Å². The number of nitrogens with one attached hydrogen (secondary N) is 2. The Morgan fingerprint density at radius 3 is 2.29 bits per heavy atom. The van der Waals surface area contributed by atoms with E-state index in [1.165, 1.54) is 0 Å². The van der Waals surface area contributed by atoms with Crippen LogP contribution < -0.4 is 10.6 Å². The smallest absolute Gasteiger partial charge is 0.313 e. The minimum atomic E-state index is -0.645. The highest BCUT2D eigenvalue weighted by Gasteiger charge is 2.13. The molecule has 2 amide bonds. The van der Waals surface area contributed by atoms with Crippen molar-refractivity contribution in [2.75, 3.05) is 11.9 Å². The van der Waals surface area contributed by atoms with Gasteiger partial charge in [0.25, 0.3) is 0 Å². The molecule has 0 aliphatic heterocycles. The first-order valence-electron chi connectivity index (χ1n) is 5.34. The van der Waals surface area contributed by atoms with Gasteiger partial charge in [-0.2, -0.15) is 0 Å². The van der Waals surface area contributed by atoms with Gasteiger partial charge in [-0.3, -0.25) is 9.59 Å². The van der Waals surface area contributed by atoms with E-state index in [2.05, 4.69) is 26.6 Å². The summed E-state index contributed by atoms with van der Waals surface area (Å²) in [4.78, 5) is 22.9. The number of rotatable bonds is 3. The van der Waals surface area contributed by atoms with Crippen LogP contribution in [0.5, 0.6) is 0 Å². The number of benzene rings is 1. The van der Waals surface area contributed by atoms with Gasteiger partial charge in [0.1, 0.15) is 0 Å². The fraction of sp³-hybridized carbons (Fsp3) is 0.333. The van der Waals surface area contributed by atoms with Crippen LogP contribution in [-0.2, 0) is 9.59 Å². The van der Waals surface area contributed by atoms with Gasteiger partial charge in [-0.1, -0.05) is 29.8 Å². The van der Waals surface area contributed by atoms with Crippen LogP contribution in [0, 0.1) is 5.92 Å². The zero-order valence-electron chi connectivity index (χ0n) is 9.79. The molecule has 0 bridgehead atoms. The van der Waals surface area contributed by atoms with Crippen LogP contribution in [0.3, 0.4) is 0 Å². The van der Waals surface area contributed by atoms with Crippen molar-refractivity contribution in [3.05, 3.63) is 28.7 Å². The molecule has 0 fully saturated rings. The molecule has 5 heteroatoms. The monoisotopic (exact) mass is 298 g/mol. The predicted octanol–water partition coefficient (Wildman–Crippen LogP) is 2.16. The average Bonchev–Trinajstić information content (AvgIpc) is 2.28. The van der Waals surface area contributed by atoms with Gasteiger partial charge in [0.2, 0.25) is 0 Å². The van der Waals surface area contributed by atoms with E-state index in [1.54, 1.807) is 24.3 Å². The normalized spacial score (nSPS) is 10.1. The van der Waals surface area contributed by atoms with E-state index >= 15 is 0 Å². The molecule has 0 saturated carbocycles. The maximum Gasteiger partial charge on any atom is 0.313 e. The number of hydrogen-bond donors (Lipinski definition) is 2. The van der Waals surface area contributed by atoms with Gasteiger partial charge >= 0.3 is 11.8 Å².